The van der Waals surface area contributed by atoms with Crippen LogP contribution in [0.3, 0.4) is 0 Å². The van der Waals surface area contributed by atoms with Crippen LogP contribution < -0.4 is 10.1 Å². The molecule has 0 aliphatic rings. The van der Waals surface area contributed by atoms with Crippen LogP contribution in [0.2, 0.25) is 0 Å². The molecule has 0 saturated carbocycles. The fourth-order valence-electron chi connectivity index (χ4n) is 2.40. The summed E-state index contributed by atoms with van der Waals surface area (Å²) in [5.74, 6) is 1.54. The molecule has 0 aliphatic heterocycles. The zero-order chi connectivity index (χ0) is 15.3. The largest absolute Gasteiger partial charge is 0.494 e. The molecule has 0 aromatic heterocycles. The standard InChI is InChI=1S/C18H31NO2/c1-3-5-13-21-18-9-7-17(8-10-18)15-19-14-16(6-4-2)11-12-20/h7-10,16,19-20H,3-6,11-15H2,1-2H3. The Balaban J connectivity index is 2.28. The van der Waals surface area contributed by atoms with Crippen molar-refractivity contribution in [3.63, 3.8) is 0 Å². The van der Waals surface area contributed by atoms with Gasteiger partial charge in [0, 0.05) is 13.2 Å². The van der Waals surface area contributed by atoms with Gasteiger partial charge in [0.15, 0.2) is 0 Å². The lowest BCUT2D eigenvalue weighted by atomic mass is 10.0. The second kappa shape index (κ2) is 11.6. The molecule has 3 heteroatoms. The van der Waals surface area contributed by atoms with E-state index in [2.05, 4.69) is 31.3 Å². The first-order valence-corrected chi connectivity index (χ1v) is 8.33. The number of aliphatic hydroxyl groups excluding tert-OH is 1. The highest BCUT2D eigenvalue weighted by molar-refractivity contribution is 5.27. The van der Waals surface area contributed by atoms with Crippen molar-refractivity contribution in [2.75, 3.05) is 19.8 Å². The van der Waals surface area contributed by atoms with Crippen LogP contribution in [0.1, 0.15) is 51.5 Å². The molecule has 0 saturated heterocycles. The lowest BCUT2D eigenvalue weighted by molar-refractivity contribution is 0.248. The summed E-state index contributed by atoms with van der Waals surface area (Å²) in [6, 6.07) is 8.33. The lowest BCUT2D eigenvalue weighted by Crippen LogP contribution is -2.23. The third kappa shape index (κ3) is 8.08. The van der Waals surface area contributed by atoms with Crippen molar-refractivity contribution < 1.29 is 9.84 Å². The summed E-state index contributed by atoms with van der Waals surface area (Å²) in [7, 11) is 0. The van der Waals surface area contributed by atoms with Gasteiger partial charge in [0.1, 0.15) is 5.75 Å². The second-order valence-corrected chi connectivity index (χ2v) is 5.64. The third-order valence-corrected chi connectivity index (χ3v) is 3.69. The Morgan fingerprint density at radius 3 is 2.48 bits per heavy atom. The fourth-order valence-corrected chi connectivity index (χ4v) is 2.40. The van der Waals surface area contributed by atoms with Gasteiger partial charge in [0.25, 0.3) is 0 Å². The molecule has 21 heavy (non-hydrogen) atoms. The Labute approximate surface area is 129 Å². The van der Waals surface area contributed by atoms with E-state index in [1.807, 2.05) is 12.1 Å². The van der Waals surface area contributed by atoms with Crippen LogP contribution in [0.5, 0.6) is 5.75 Å². The van der Waals surface area contributed by atoms with Crippen molar-refractivity contribution >= 4 is 0 Å². The molecule has 0 amide bonds. The van der Waals surface area contributed by atoms with Gasteiger partial charge in [-0.05, 0) is 49.4 Å². The van der Waals surface area contributed by atoms with Gasteiger partial charge in [0.2, 0.25) is 0 Å². The van der Waals surface area contributed by atoms with Crippen molar-refractivity contribution in [1.29, 1.82) is 0 Å². The summed E-state index contributed by atoms with van der Waals surface area (Å²) >= 11 is 0. The first kappa shape index (κ1) is 18.0. The Kier molecular flexibility index (Phi) is 9.92. The van der Waals surface area contributed by atoms with Gasteiger partial charge < -0.3 is 15.2 Å². The molecule has 120 valence electrons. The summed E-state index contributed by atoms with van der Waals surface area (Å²) in [6.07, 6.45) is 5.51. The van der Waals surface area contributed by atoms with E-state index in [1.54, 1.807) is 0 Å². The highest BCUT2D eigenvalue weighted by Crippen LogP contribution is 2.13. The molecule has 1 atom stereocenters. The Morgan fingerprint density at radius 2 is 1.86 bits per heavy atom. The van der Waals surface area contributed by atoms with Gasteiger partial charge in [-0.3, -0.25) is 0 Å². The first-order chi connectivity index (χ1) is 10.3. The number of hydrogen-bond donors (Lipinski definition) is 2. The smallest absolute Gasteiger partial charge is 0.119 e. The fraction of sp³-hybridized carbons (Fsp3) is 0.667. The predicted molar refractivity (Wildman–Crippen MR) is 88.7 cm³/mol. The van der Waals surface area contributed by atoms with Gasteiger partial charge in [-0.1, -0.05) is 38.8 Å². The molecule has 0 heterocycles. The molecular weight excluding hydrogens is 262 g/mol. The van der Waals surface area contributed by atoms with E-state index in [4.69, 9.17) is 9.84 Å². The summed E-state index contributed by atoms with van der Waals surface area (Å²) in [5, 5.41) is 12.5. The molecule has 1 aromatic carbocycles. The van der Waals surface area contributed by atoms with Gasteiger partial charge in [-0.25, -0.2) is 0 Å². The predicted octanol–water partition coefficient (Wildman–Crippen LogP) is 3.75. The summed E-state index contributed by atoms with van der Waals surface area (Å²) in [5.41, 5.74) is 1.28. The minimum Gasteiger partial charge on any atom is -0.494 e. The molecule has 0 spiro atoms. The maximum absolute atomic E-state index is 9.06. The number of ether oxygens (including phenoxy) is 1. The van der Waals surface area contributed by atoms with E-state index in [1.165, 1.54) is 18.4 Å². The van der Waals surface area contributed by atoms with E-state index >= 15 is 0 Å². The van der Waals surface area contributed by atoms with E-state index in [0.717, 1.165) is 44.7 Å². The SMILES string of the molecule is CCCCOc1ccc(CNCC(CCC)CCO)cc1. The van der Waals surface area contributed by atoms with Crippen molar-refractivity contribution in [2.45, 2.75) is 52.5 Å². The minimum absolute atomic E-state index is 0.288. The van der Waals surface area contributed by atoms with Crippen LogP contribution in [0.15, 0.2) is 24.3 Å². The molecule has 3 nitrogen and oxygen atoms in total. The molecule has 2 N–H and O–H groups in total. The number of nitrogens with one attached hydrogen (secondary N) is 1. The maximum atomic E-state index is 9.06. The topological polar surface area (TPSA) is 41.5 Å². The zero-order valence-electron chi connectivity index (χ0n) is 13.6. The van der Waals surface area contributed by atoms with E-state index in [9.17, 15) is 0 Å². The van der Waals surface area contributed by atoms with Gasteiger partial charge >= 0.3 is 0 Å². The highest BCUT2D eigenvalue weighted by atomic mass is 16.5. The zero-order valence-corrected chi connectivity index (χ0v) is 13.6. The third-order valence-electron chi connectivity index (χ3n) is 3.69. The molecule has 0 fully saturated rings. The highest BCUT2D eigenvalue weighted by Gasteiger charge is 2.06. The average Bonchev–Trinajstić information content (AvgIpc) is 2.49. The molecule has 1 rings (SSSR count). The number of benzene rings is 1. The minimum atomic E-state index is 0.288. The molecule has 1 unspecified atom stereocenters. The molecule has 0 bridgehead atoms. The quantitative estimate of drug-likeness (QED) is 0.577. The van der Waals surface area contributed by atoms with Crippen LogP contribution >= 0.6 is 0 Å². The number of unbranched alkanes of at least 4 members (excludes halogenated alkanes) is 1. The monoisotopic (exact) mass is 293 g/mol. The molecule has 1 aromatic rings. The maximum Gasteiger partial charge on any atom is 0.119 e. The Morgan fingerprint density at radius 1 is 1.10 bits per heavy atom. The van der Waals surface area contributed by atoms with Crippen molar-refractivity contribution in [2.24, 2.45) is 5.92 Å². The van der Waals surface area contributed by atoms with Crippen molar-refractivity contribution in [1.82, 2.24) is 5.32 Å². The van der Waals surface area contributed by atoms with Crippen molar-refractivity contribution in [3.8, 4) is 5.75 Å². The van der Waals surface area contributed by atoms with Gasteiger partial charge in [-0.2, -0.15) is 0 Å². The Hall–Kier alpha value is -1.06. The summed E-state index contributed by atoms with van der Waals surface area (Å²) in [4.78, 5) is 0. The molecule has 0 aliphatic carbocycles. The molecular formula is C18H31NO2. The van der Waals surface area contributed by atoms with Crippen LogP contribution in [-0.4, -0.2) is 24.9 Å². The first-order valence-electron chi connectivity index (χ1n) is 8.33. The van der Waals surface area contributed by atoms with Crippen LogP contribution in [0.25, 0.3) is 0 Å². The van der Waals surface area contributed by atoms with Crippen LogP contribution in [0, 0.1) is 5.92 Å². The van der Waals surface area contributed by atoms with Crippen LogP contribution in [0.4, 0.5) is 0 Å². The molecule has 0 radical (unpaired) electrons. The average molecular weight is 293 g/mol. The number of hydrogen-bond acceptors (Lipinski definition) is 3. The van der Waals surface area contributed by atoms with E-state index in [-0.39, 0.29) is 6.61 Å². The summed E-state index contributed by atoms with van der Waals surface area (Å²) in [6.45, 7) is 7.30. The van der Waals surface area contributed by atoms with E-state index < -0.39 is 0 Å². The lowest BCUT2D eigenvalue weighted by Gasteiger charge is -2.15. The Bertz CT molecular complexity index is 345. The van der Waals surface area contributed by atoms with Gasteiger partial charge in [-0.15, -0.1) is 0 Å². The number of rotatable bonds is 12. The van der Waals surface area contributed by atoms with Gasteiger partial charge in [0.05, 0.1) is 6.61 Å². The second-order valence-electron chi connectivity index (χ2n) is 5.64. The van der Waals surface area contributed by atoms with Crippen LogP contribution in [-0.2, 0) is 6.54 Å². The number of aliphatic hydroxyl groups is 1. The normalized spacial score (nSPS) is 12.3. The summed E-state index contributed by atoms with van der Waals surface area (Å²) < 4.78 is 5.66. The van der Waals surface area contributed by atoms with E-state index in [0.29, 0.717) is 5.92 Å². The van der Waals surface area contributed by atoms with Crippen molar-refractivity contribution in [3.05, 3.63) is 29.8 Å².